The lowest BCUT2D eigenvalue weighted by molar-refractivity contribution is -0.134. The molecule has 0 radical (unpaired) electrons. The second-order valence-electron chi connectivity index (χ2n) is 7.68. The summed E-state index contributed by atoms with van der Waals surface area (Å²) in [6.07, 6.45) is 0.797. The van der Waals surface area contributed by atoms with Gasteiger partial charge in [0.1, 0.15) is 5.75 Å². The number of halogens is 1. The van der Waals surface area contributed by atoms with Crippen LogP contribution in [0.15, 0.2) is 52.9 Å². The number of methoxy groups -OCH3 is 1. The molecule has 2 aromatic carbocycles. The Morgan fingerprint density at radius 2 is 1.85 bits per heavy atom. The first-order chi connectivity index (χ1) is 15.9. The minimum atomic E-state index is -0.191. The lowest BCUT2D eigenvalue weighted by Gasteiger charge is -2.25. The van der Waals surface area contributed by atoms with Crippen LogP contribution in [0.3, 0.4) is 0 Å². The van der Waals surface area contributed by atoms with Gasteiger partial charge in [-0.3, -0.25) is 9.59 Å². The summed E-state index contributed by atoms with van der Waals surface area (Å²) in [4.78, 5) is 26.7. The number of benzene rings is 2. The van der Waals surface area contributed by atoms with Crippen LogP contribution in [0, 0.1) is 0 Å². The fraction of sp³-hybridized carbons (Fsp3) is 0.333. The molecule has 174 valence electrons. The van der Waals surface area contributed by atoms with Gasteiger partial charge in [-0.1, -0.05) is 23.7 Å². The Hall–Kier alpha value is -3.39. The molecule has 8 nitrogen and oxygen atoms in total. The first-order valence-corrected chi connectivity index (χ1v) is 11.1. The monoisotopic (exact) mass is 470 g/mol. The van der Waals surface area contributed by atoms with E-state index in [9.17, 15) is 9.59 Å². The molecule has 1 aromatic heterocycles. The molecule has 1 N–H and O–H groups in total. The third kappa shape index (κ3) is 6.55. The van der Waals surface area contributed by atoms with Gasteiger partial charge in [0.2, 0.25) is 17.7 Å². The van der Waals surface area contributed by atoms with Gasteiger partial charge in [-0.2, -0.15) is 0 Å². The molecule has 0 spiro atoms. The van der Waals surface area contributed by atoms with E-state index in [4.69, 9.17) is 20.8 Å². The van der Waals surface area contributed by atoms with Gasteiger partial charge in [-0.25, -0.2) is 0 Å². The van der Waals surface area contributed by atoms with Crippen LogP contribution in [0.2, 0.25) is 5.02 Å². The van der Waals surface area contributed by atoms with Crippen LogP contribution in [0.1, 0.15) is 42.9 Å². The van der Waals surface area contributed by atoms with Crippen LogP contribution in [-0.2, 0) is 11.3 Å². The van der Waals surface area contributed by atoms with Gasteiger partial charge in [0.05, 0.1) is 24.2 Å². The van der Waals surface area contributed by atoms with Gasteiger partial charge in [-0.05, 0) is 56.7 Å². The van der Waals surface area contributed by atoms with Gasteiger partial charge >= 0.3 is 0 Å². The van der Waals surface area contributed by atoms with Crippen molar-refractivity contribution in [1.29, 1.82) is 0 Å². The summed E-state index contributed by atoms with van der Waals surface area (Å²) in [5.74, 6) is 1.09. The molecule has 2 amide bonds. The zero-order valence-electron chi connectivity index (χ0n) is 18.9. The predicted molar refractivity (Wildman–Crippen MR) is 125 cm³/mol. The standard InChI is InChI=1S/C24H27ClN4O4/c1-16(2)29(15-21-27-28-24(33-21)19-7-4-5-8-20(19)25)22(30)9-6-14-26-23(31)17-10-12-18(32-3)13-11-17/h4-5,7-8,10-13,16H,6,9,14-15H2,1-3H3,(H,26,31). The van der Waals surface area contributed by atoms with E-state index in [-0.39, 0.29) is 30.8 Å². The van der Waals surface area contributed by atoms with Gasteiger partial charge in [0, 0.05) is 24.6 Å². The van der Waals surface area contributed by atoms with Crippen LogP contribution in [0.5, 0.6) is 5.75 Å². The molecule has 0 aliphatic rings. The summed E-state index contributed by atoms with van der Waals surface area (Å²) < 4.78 is 10.8. The van der Waals surface area contributed by atoms with Crippen molar-refractivity contribution in [2.45, 2.75) is 39.3 Å². The second kappa shape index (κ2) is 11.5. The number of carbonyl (C=O) groups excluding carboxylic acids is 2. The molecule has 0 saturated heterocycles. The predicted octanol–water partition coefficient (Wildman–Crippen LogP) is 4.35. The van der Waals surface area contributed by atoms with Crippen molar-refractivity contribution in [3.05, 3.63) is 65.0 Å². The molecule has 33 heavy (non-hydrogen) atoms. The lowest BCUT2D eigenvalue weighted by Crippen LogP contribution is -2.37. The Labute approximate surface area is 197 Å². The highest BCUT2D eigenvalue weighted by Crippen LogP contribution is 2.26. The number of rotatable bonds is 10. The molecule has 0 aliphatic heterocycles. The van der Waals surface area contributed by atoms with E-state index in [0.29, 0.717) is 46.6 Å². The summed E-state index contributed by atoms with van der Waals surface area (Å²) in [7, 11) is 1.57. The third-order valence-corrected chi connectivity index (χ3v) is 5.36. The van der Waals surface area contributed by atoms with Crippen LogP contribution >= 0.6 is 11.6 Å². The normalized spacial score (nSPS) is 10.8. The minimum Gasteiger partial charge on any atom is -0.497 e. The highest BCUT2D eigenvalue weighted by atomic mass is 35.5. The summed E-state index contributed by atoms with van der Waals surface area (Å²) in [6.45, 7) is 4.44. The SMILES string of the molecule is COc1ccc(C(=O)NCCCC(=O)N(Cc2nnc(-c3ccccc3Cl)o2)C(C)C)cc1. The van der Waals surface area contributed by atoms with E-state index >= 15 is 0 Å². The molecular weight excluding hydrogens is 444 g/mol. The minimum absolute atomic E-state index is 0.0537. The number of ether oxygens (including phenoxy) is 1. The number of amides is 2. The fourth-order valence-electron chi connectivity index (χ4n) is 3.20. The average molecular weight is 471 g/mol. The molecule has 9 heteroatoms. The Balaban J connectivity index is 1.51. The maximum absolute atomic E-state index is 12.8. The number of carbonyl (C=O) groups is 2. The zero-order chi connectivity index (χ0) is 23.8. The summed E-state index contributed by atoms with van der Waals surface area (Å²) >= 11 is 6.19. The smallest absolute Gasteiger partial charge is 0.251 e. The topological polar surface area (TPSA) is 97.6 Å². The van der Waals surface area contributed by atoms with Crippen LogP contribution in [0.4, 0.5) is 0 Å². The van der Waals surface area contributed by atoms with Gasteiger partial charge in [0.15, 0.2) is 0 Å². The molecule has 0 aliphatic carbocycles. The number of aromatic nitrogens is 2. The maximum Gasteiger partial charge on any atom is 0.251 e. The first kappa shape index (κ1) is 24.3. The quantitative estimate of drug-likeness (QED) is 0.442. The van der Waals surface area contributed by atoms with Gasteiger partial charge in [0.25, 0.3) is 5.91 Å². The number of hydrogen-bond acceptors (Lipinski definition) is 6. The van der Waals surface area contributed by atoms with E-state index in [1.807, 2.05) is 26.0 Å². The first-order valence-electron chi connectivity index (χ1n) is 10.7. The molecule has 3 aromatic rings. The Morgan fingerprint density at radius 1 is 1.12 bits per heavy atom. The van der Waals surface area contributed by atoms with E-state index in [1.165, 1.54) is 0 Å². The molecule has 0 saturated carbocycles. The highest BCUT2D eigenvalue weighted by Gasteiger charge is 2.21. The average Bonchev–Trinajstić information content (AvgIpc) is 3.28. The van der Waals surface area contributed by atoms with E-state index in [0.717, 1.165) is 0 Å². The van der Waals surface area contributed by atoms with Crippen molar-refractivity contribution in [3.63, 3.8) is 0 Å². The number of nitrogens with one attached hydrogen (secondary N) is 1. The van der Waals surface area contributed by atoms with Crippen molar-refractivity contribution in [2.24, 2.45) is 0 Å². The van der Waals surface area contributed by atoms with Crippen molar-refractivity contribution >= 4 is 23.4 Å². The maximum atomic E-state index is 12.8. The van der Waals surface area contributed by atoms with E-state index in [2.05, 4.69) is 15.5 Å². The molecule has 0 unspecified atom stereocenters. The summed E-state index contributed by atoms with van der Waals surface area (Å²) in [5, 5.41) is 11.5. The van der Waals surface area contributed by atoms with Crippen LogP contribution in [0.25, 0.3) is 11.5 Å². The largest absolute Gasteiger partial charge is 0.497 e. The van der Waals surface area contributed by atoms with Crippen LogP contribution < -0.4 is 10.1 Å². The Bertz CT molecular complexity index is 1080. The molecule has 1 heterocycles. The number of nitrogens with zero attached hydrogens (tertiary/aromatic N) is 3. The second-order valence-corrected chi connectivity index (χ2v) is 8.09. The third-order valence-electron chi connectivity index (χ3n) is 5.03. The highest BCUT2D eigenvalue weighted by molar-refractivity contribution is 6.33. The molecule has 0 bridgehead atoms. The lowest BCUT2D eigenvalue weighted by atomic mass is 10.2. The molecule has 3 rings (SSSR count). The van der Waals surface area contributed by atoms with Gasteiger partial charge in [-0.15, -0.1) is 10.2 Å². The Kier molecular flexibility index (Phi) is 8.43. The van der Waals surface area contributed by atoms with Crippen molar-refractivity contribution < 1.29 is 18.7 Å². The molecule has 0 fully saturated rings. The molecular formula is C24H27ClN4O4. The summed E-state index contributed by atoms with van der Waals surface area (Å²) in [6, 6.07) is 14.0. The van der Waals surface area contributed by atoms with Gasteiger partial charge < -0.3 is 19.4 Å². The Morgan fingerprint density at radius 3 is 2.52 bits per heavy atom. The molecule has 0 atom stereocenters. The van der Waals surface area contributed by atoms with E-state index in [1.54, 1.807) is 48.4 Å². The number of hydrogen-bond donors (Lipinski definition) is 1. The fourth-order valence-corrected chi connectivity index (χ4v) is 3.41. The van der Waals surface area contributed by atoms with Crippen molar-refractivity contribution in [1.82, 2.24) is 20.4 Å². The van der Waals surface area contributed by atoms with E-state index < -0.39 is 0 Å². The summed E-state index contributed by atoms with van der Waals surface area (Å²) in [5.41, 5.74) is 1.18. The van der Waals surface area contributed by atoms with Crippen molar-refractivity contribution in [2.75, 3.05) is 13.7 Å². The zero-order valence-corrected chi connectivity index (χ0v) is 19.6. The van der Waals surface area contributed by atoms with Crippen LogP contribution in [-0.4, -0.2) is 46.6 Å². The van der Waals surface area contributed by atoms with Crippen molar-refractivity contribution in [3.8, 4) is 17.2 Å².